The van der Waals surface area contributed by atoms with Crippen molar-refractivity contribution in [3.8, 4) is 16.4 Å². The Morgan fingerprint density at radius 3 is 2.93 bits per heavy atom. The number of thiophene rings is 1. The molecule has 4 rings (SSSR count). The molecule has 0 aromatic carbocycles. The van der Waals surface area contributed by atoms with Crippen molar-refractivity contribution in [2.45, 2.75) is 13.3 Å². The second-order valence-electron chi connectivity index (χ2n) is 5.97. The third-order valence-corrected chi connectivity index (χ3v) is 5.89. The molecular formula is C19H18N6OS2. The summed E-state index contributed by atoms with van der Waals surface area (Å²) in [5, 5.41) is 13.0. The van der Waals surface area contributed by atoms with Crippen LogP contribution in [-0.2, 0) is 6.42 Å². The summed E-state index contributed by atoms with van der Waals surface area (Å²) in [6, 6.07) is 9.28. The van der Waals surface area contributed by atoms with Crippen LogP contribution < -0.4 is 10.6 Å². The minimum absolute atomic E-state index is 0.270. The first-order valence-corrected chi connectivity index (χ1v) is 10.4. The van der Waals surface area contributed by atoms with Crippen molar-refractivity contribution in [1.82, 2.24) is 25.1 Å². The van der Waals surface area contributed by atoms with E-state index in [0.717, 1.165) is 22.0 Å². The van der Waals surface area contributed by atoms with E-state index in [1.165, 1.54) is 4.88 Å². The van der Waals surface area contributed by atoms with E-state index in [0.29, 0.717) is 18.1 Å². The third kappa shape index (κ3) is 4.26. The molecule has 0 atom stereocenters. The highest BCUT2D eigenvalue weighted by atomic mass is 32.1. The lowest BCUT2D eigenvalue weighted by molar-refractivity contribution is 0.252. The van der Waals surface area contributed by atoms with Crippen LogP contribution in [0.3, 0.4) is 0 Å². The smallest absolute Gasteiger partial charge is 0.319 e. The van der Waals surface area contributed by atoms with Gasteiger partial charge in [0.25, 0.3) is 0 Å². The van der Waals surface area contributed by atoms with Gasteiger partial charge >= 0.3 is 6.03 Å². The molecule has 142 valence electrons. The molecule has 0 aliphatic carbocycles. The zero-order chi connectivity index (χ0) is 19.3. The number of urea groups is 1. The number of nitrogens with one attached hydrogen (secondary N) is 2. The van der Waals surface area contributed by atoms with Crippen LogP contribution >= 0.6 is 22.7 Å². The van der Waals surface area contributed by atoms with E-state index >= 15 is 0 Å². The summed E-state index contributed by atoms with van der Waals surface area (Å²) in [4.78, 5) is 23.4. The van der Waals surface area contributed by atoms with E-state index in [1.54, 1.807) is 64.1 Å². The molecule has 0 bridgehead atoms. The molecular weight excluding hydrogens is 392 g/mol. The first kappa shape index (κ1) is 18.3. The molecule has 7 nitrogen and oxygen atoms in total. The van der Waals surface area contributed by atoms with Crippen molar-refractivity contribution in [2.24, 2.45) is 0 Å². The minimum Gasteiger partial charge on any atom is -0.338 e. The number of amides is 2. The van der Waals surface area contributed by atoms with Crippen molar-refractivity contribution >= 4 is 34.4 Å². The van der Waals surface area contributed by atoms with Crippen LogP contribution in [0.25, 0.3) is 16.4 Å². The molecule has 9 heteroatoms. The van der Waals surface area contributed by atoms with Crippen LogP contribution in [0.1, 0.15) is 9.88 Å². The average molecular weight is 411 g/mol. The van der Waals surface area contributed by atoms with E-state index in [4.69, 9.17) is 0 Å². The Hall–Kier alpha value is -3.04. The number of hydrogen-bond donors (Lipinski definition) is 2. The molecule has 0 aliphatic rings. The lowest BCUT2D eigenvalue weighted by atomic mass is 10.3. The van der Waals surface area contributed by atoms with Crippen LogP contribution in [0, 0.1) is 6.92 Å². The number of thiazole rings is 1. The van der Waals surface area contributed by atoms with Gasteiger partial charge in [0.05, 0.1) is 21.3 Å². The normalized spacial score (nSPS) is 10.8. The van der Waals surface area contributed by atoms with Crippen molar-refractivity contribution < 1.29 is 4.79 Å². The Bertz CT molecular complexity index is 1070. The van der Waals surface area contributed by atoms with Gasteiger partial charge in [0, 0.05) is 35.4 Å². The van der Waals surface area contributed by atoms with Crippen LogP contribution in [0.2, 0.25) is 0 Å². The molecule has 4 heterocycles. The third-order valence-electron chi connectivity index (χ3n) is 3.95. The van der Waals surface area contributed by atoms with E-state index in [9.17, 15) is 4.79 Å². The second kappa shape index (κ2) is 8.32. The fourth-order valence-electron chi connectivity index (χ4n) is 2.66. The van der Waals surface area contributed by atoms with Crippen molar-refractivity contribution in [3.63, 3.8) is 0 Å². The highest BCUT2D eigenvalue weighted by molar-refractivity contribution is 7.16. The topological polar surface area (TPSA) is 84.7 Å². The monoisotopic (exact) mass is 410 g/mol. The molecule has 4 aromatic rings. The van der Waals surface area contributed by atoms with E-state index in [-0.39, 0.29) is 6.03 Å². The van der Waals surface area contributed by atoms with Gasteiger partial charge in [-0.3, -0.25) is 0 Å². The first-order chi connectivity index (χ1) is 13.7. The number of hydrogen-bond acceptors (Lipinski definition) is 6. The number of aromatic nitrogens is 4. The molecule has 2 N–H and O–H groups in total. The number of aryl methyl sites for hydroxylation is 1. The van der Waals surface area contributed by atoms with Gasteiger partial charge in [0.2, 0.25) is 0 Å². The van der Waals surface area contributed by atoms with Crippen LogP contribution in [-0.4, -0.2) is 32.3 Å². The summed E-state index contributed by atoms with van der Waals surface area (Å²) < 4.78 is 1.61. The molecule has 28 heavy (non-hydrogen) atoms. The molecule has 0 saturated heterocycles. The lowest BCUT2D eigenvalue weighted by Gasteiger charge is -2.10. The SMILES string of the molecule is Cc1nc(-c2ccc(CCNC(=O)Nc3cccnc3-n3cccn3)s2)cs1. The maximum Gasteiger partial charge on any atom is 0.319 e. The predicted molar refractivity (Wildman–Crippen MR) is 112 cm³/mol. The molecule has 0 saturated carbocycles. The molecule has 0 fully saturated rings. The molecule has 0 aliphatic heterocycles. The van der Waals surface area contributed by atoms with Crippen LogP contribution in [0.4, 0.5) is 10.5 Å². The Balaban J connectivity index is 1.32. The molecule has 2 amide bonds. The van der Waals surface area contributed by atoms with Gasteiger partial charge in [0.15, 0.2) is 5.82 Å². The van der Waals surface area contributed by atoms with E-state index < -0.39 is 0 Å². The highest BCUT2D eigenvalue weighted by Crippen LogP contribution is 2.29. The summed E-state index contributed by atoms with van der Waals surface area (Å²) in [6.07, 6.45) is 5.88. The van der Waals surface area contributed by atoms with Gasteiger partial charge in [-0.2, -0.15) is 5.10 Å². The number of rotatable bonds is 6. The lowest BCUT2D eigenvalue weighted by Crippen LogP contribution is -2.30. The number of carbonyl (C=O) groups excluding carboxylic acids is 1. The van der Waals surface area contributed by atoms with Crippen LogP contribution in [0.15, 0.2) is 54.3 Å². The average Bonchev–Trinajstić information content (AvgIpc) is 3.44. The summed E-state index contributed by atoms with van der Waals surface area (Å²) in [6.45, 7) is 2.55. The standard InChI is InChI=1S/C19H18N6OS2/c1-13-23-16(12-27-13)17-6-5-14(28-17)7-10-21-19(26)24-15-4-2-8-20-18(15)25-11-3-9-22-25/h2-6,8-9,11-12H,7,10H2,1H3,(H2,21,24,26). The maximum absolute atomic E-state index is 12.3. The van der Waals surface area contributed by atoms with Gasteiger partial charge in [-0.1, -0.05) is 0 Å². The minimum atomic E-state index is -0.270. The number of pyridine rings is 1. The Labute approximate surface area is 170 Å². The van der Waals surface area contributed by atoms with Crippen molar-refractivity contribution in [3.05, 3.63) is 64.2 Å². The summed E-state index contributed by atoms with van der Waals surface area (Å²) in [5.74, 6) is 0.573. The van der Waals surface area contributed by atoms with Gasteiger partial charge in [-0.05, 0) is 43.7 Å². The maximum atomic E-state index is 12.3. The molecule has 0 spiro atoms. The zero-order valence-corrected chi connectivity index (χ0v) is 16.8. The fourth-order valence-corrected chi connectivity index (χ4v) is 4.32. The van der Waals surface area contributed by atoms with Gasteiger partial charge in [-0.25, -0.2) is 19.4 Å². The summed E-state index contributed by atoms with van der Waals surface area (Å²) in [5.41, 5.74) is 1.62. The molecule has 0 unspecified atom stereocenters. The second-order valence-corrected chi connectivity index (χ2v) is 8.20. The van der Waals surface area contributed by atoms with E-state index in [1.807, 2.05) is 6.92 Å². The van der Waals surface area contributed by atoms with Gasteiger partial charge in [0.1, 0.15) is 0 Å². The Morgan fingerprint density at radius 2 is 2.14 bits per heavy atom. The molecule has 0 radical (unpaired) electrons. The number of carbonyl (C=O) groups is 1. The summed E-state index contributed by atoms with van der Waals surface area (Å²) >= 11 is 3.36. The number of nitrogens with zero attached hydrogens (tertiary/aromatic N) is 4. The van der Waals surface area contributed by atoms with Gasteiger partial charge in [-0.15, -0.1) is 22.7 Å². The summed E-state index contributed by atoms with van der Waals surface area (Å²) in [7, 11) is 0. The zero-order valence-electron chi connectivity index (χ0n) is 15.1. The van der Waals surface area contributed by atoms with Crippen molar-refractivity contribution in [1.29, 1.82) is 0 Å². The first-order valence-electron chi connectivity index (χ1n) is 8.70. The fraction of sp³-hybridized carbons (Fsp3) is 0.158. The number of anilines is 1. The highest BCUT2D eigenvalue weighted by Gasteiger charge is 2.10. The van der Waals surface area contributed by atoms with Crippen LogP contribution in [0.5, 0.6) is 0 Å². The predicted octanol–water partition coefficient (Wildman–Crippen LogP) is 4.12. The van der Waals surface area contributed by atoms with Crippen molar-refractivity contribution in [2.75, 3.05) is 11.9 Å². The van der Waals surface area contributed by atoms with Gasteiger partial charge < -0.3 is 10.6 Å². The Kier molecular flexibility index (Phi) is 5.45. The van der Waals surface area contributed by atoms with E-state index in [2.05, 4.69) is 43.2 Å². The Morgan fingerprint density at radius 1 is 1.21 bits per heavy atom. The quantitative estimate of drug-likeness (QED) is 0.501. The molecule has 4 aromatic heterocycles. The largest absolute Gasteiger partial charge is 0.338 e.